The van der Waals surface area contributed by atoms with Crippen LogP contribution < -0.4 is 48.7 Å². The first-order valence-corrected chi connectivity index (χ1v) is 49.0. The number of anilines is 1. The predicted molar refractivity (Wildman–Crippen MR) is 498 cm³/mol. The molecule has 0 bridgehead atoms. The highest BCUT2D eigenvalue weighted by Crippen LogP contribution is 2.49. The second-order valence-corrected chi connectivity index (χ2v) is 38.8. The molecule has 3 aromatic rings. The number of aliphatic imine (C=N–C) groups is 1. The van der Waals surface area contributed by atoms with Crippen molar-refractivity contribution in [2.24, 2.45) is 45.9 Å². The number of guanidine groups is 1. The largest absolute Gasteiger partial charge is 0.481 e. The number of aliphatic carboxylic acids is 1. The summed E-state index contributed by atoms with van der Waals surface area (Å²) in [7, 11) is -8.96. The molecule has 1 saturated heterocycles. The molecule has 3 heterocycles. The van der Waals surface area contributed by atoms with E-state index in [0.29, 0.717) is 56.3 Å². The number of likely N-dealkylation sites (tertiary alicyclic amines) is 1. The van der Waals surface area contributed by atoms with Crippen molar-refractivity contribution in [2.45, 2.75) is 241 Å². The topological polar surface area (TPSA) is 576 Å². The van der Waals surface area contributed by atoms with Gasteiger partial charge < -0.3 is 73.1 Å². The lowest BCUT2D eigenvalue weighted by Crippen LogP contribution is -2.48. The van der Waals surface area contributed by atoms with Crippen molar-refractivity contribution in [3.8, 4) is 0 Å². The monoisotopic (exact) mass is 1910 g/mol. The van der Waals surface area contributed by atoms with Gasteiger partial charge in [-0.1, -0.05) is 76.3 Å². The molecule has 0 aliphatic carbocycles. The minimum Gasteiger partial charge on any atom is -0.481 e. The van der Waals surface area contributed by atoms with Gasteiger partial charge in [0.1, 0.15) is 31.3 Å². The number of carboxylic acid groups (broad SMARTS) is 1. The fraction of sp³-hybridized carbons (Fsp3) is 0.570. The highest BCUT2D eigenvalue weighted by Gasteiger charge is 2.46. The Kier molecular flexibility index (Phi) is 45.7. The van der Waals surface area contributed by atoms with E-state index in [1.54, 1.807) is 42.5 Å². The lowest BCUT2D eigenvalue weighted by atomic mass is 9.81. The molecule has 37 nitrogen and oxygen atoms in total. The number of allylic oxidation sites excluding steroid dienone is 6. The van der Waals surface area contributed by atoms with Crippen LogP contribution in [0, 0.1) is 23.7 Å². The van der Waals surface area contributed by atoms with Crippen molar-refractivity contribution in [3.63, 3.8) is 0 Å². The summed E-state index contributed by atoms with van der Waals surface area (Å²) in [5.41, 5.74) is 20.8. The zero-order valence-corrected chi connectivity index (χ0v) is 79.7. The van der Waals surface area contributed by atoms with Gasteiger partial charge in [-0.05, 0) is 158 Å². The summed E-state index contributed by atoms with van der Waals surface area (Å²) in [5.74, 6) is -10.6. The van der Waals surface area contributed by atoms with E-state index in [0.717, 1.165) is 45.0 Å². The zero-order valence-electron chi connectivity index (χ0n) is 77.2. The molecule has 6 rings (SSSR count). The lowest BCUT2D eigenvalue weighted by Gasteiger charge is -2.25. The summed E-state index contributed by atoms with van der Waals surface area (Å²) in [5, 5.41) is 32.1. The molecular formula is C93H133N12O25S3+. The number of likely N-dealkylation sites (N-methyl/N-ethyl adjacent to an activating group) is 1. The highest BCUT2D eigenvalue weighted by molar-refractivity contribution is 8.00. The van der Waals surface area contributed by atoms with Crippen molar-refractivity contribution < 1.29 is 122 Å². The number of nitrogens with two attached hydrogens (primary N) is 3. The molecule has 15 N–H and O–H groups in total. The number of aliphatic hydroxyl groups excluding tert-OH is 1. The average Bonchev–Trinajstić information content (AvgIpc) is 1.59. The van der Waals surface area contributed by atoms with Crippen LogP contribution in [0.2, 0.25) is 0 Å². The number of rotatable bonds is 64. The number of carbonyl (C=O) groups excluding carboxylic acids is 13. The van der Waals surface area contributed by atoms with E-state index in [1.165, 1.54) is 31.2 Å². The van der Waals surface area contributed by atoms with Crippen LogP contribution in [0.5, 0.6) is 0 Å². The second kappa shape index (κ2) is 54.7. The normalized spacial score (nSPS) is 16.3. The van der Waals surface area contributed by atoms with Gasteiger partial charge in [0, 0.05) is 149 Å². The Labute approximate surface area is 782 Å². The summed E-state index contributed by atoms with van der Waals surface area (Å²) in [4.78, 5) is 192. The first-order valence-electron chi connectivity index (χ1n) is 45.1. The molecule has 7 amide bonds. The number of ketones is 6. The molecular weight excluding hydrogens is 1780 g/mol. The minimum absolute atomic E-state index is 0.00563. The number of nitrogens with one attached hydrogen (secondary N) is 5. The molecule has 3 aliphatic rings. The molecule has 3 aliphatic heterocycles. The molecule has 0 saturated carbocycles. The summed E-state index contributed by atoms with van der Waals surface area (Å²) < 4.78 is 86.8. The Hall–Kier alpha value is -10.6. The van der Waals surface area contributed by atoms with E-state index in [9.17, 15) is 103 Å². The minimum atomic E-state index is -4.53. The smallest absolute Gasteiger partial charge is 0.408 e. The molecule has 732 valence electrons. The molecule has 1 unspecified atom stereocenters. The third-order valence-electron chi connectivity index (χ3n) is 23.2. The first-order chi connectivity index (χ1) is 62.9. The molecule has 40 heteroatoms. The molecule has 3 aromatic carbocycles. The van der Waals surface area contributed by atoms with Gasteiger partial charge >= 0.3 is 12.1 Å². The van der Waals surface area contributed by atoms with E-state index < -0.39 is 157 Å². The van der Waals surface area contributed by atoms with E-state index in [-0.39, 0.29) is 200 Å². The van der Waals surface area contributed by atoms with Crippen molar-refractivity contribution in [2.75, 3.05) is 89.5 Å². The van der Waals surface area contributed by atoms with E-state index in [4.69, 9.17) is 31.4 Å². The van der Waals surface area contributed by atoms with E-state index in [1.807, 2.05) is 78.8 Å². The molecule has 0 radical (unpaired) electrons. The molecule has 0 spiro atoms. The number of aliphatic hydroxyl groups is 1. The fourth-order valence-electron chi connectivity index (χ4n) is 16.0. The van der Waals surface area contributed by atoms with E-state index >= 15 is 0 Å². The SMILES string of the molecule is CCN1C(=CC=CC=CC2=[N+](CCCCCC(=O)NCCN3C(=O)CC(SC[C@H](CC(=O)CCCC(=O)[C@H](CCC(=O)O)NC(=O)COCCOCCCC(=O)CNC(=O)[C@@H](CC(=O)[C@H](CCCCN)NC(=O)[C@H](CO)CC(=O)[C@H](CCCN=C(N)N)NC(=O)OCc4ccccc4)CC(C)C)C(C)=O)C3=O)c3ccc(S(=O)(=O)O)cc3C2(C)C)C(C)(C)c2cc(S(=O)(=O)O)ccc21. The first kappa shape index (κ1) is 111. The van der Waals surface area contributed by atoms with Gasteiger partial charge in [0.2, 0.25) is 41.1 Å². The molecule has 1 fully saturated rings. The second-order valence-electron chi connectivity index (χ2n) is 34.8. The number of amides is 7. The van der Waals surface area contributed by atoms with Crippen LogP contribution in [0.3, 0.4) is 0 Å². The zero-order chi connectivity index (χ0) is 98.3. The summed E-state index contributed by atoms with van der Waals surface area (Å²) in [6, 6.07) is 14.3. The van der Waals surface area contributed by atoms with Crippen LogP contribution in [0.15, 0.2) is 118 Å². The number of nitrogens with zero attached hydrogens (tertiary/aromatic N) is 4. The number of hydrogen-bond donors (Lipinski definition) is 12. The number of imide groups is 1. The Morgan fingerprint density at radius 2 is 1.31 bits per heavy atom. The van der Waals surface area contributed by atoms with Crippen LogP contribution in [-0.2, 0) is 114 Å². The Morgan fingerprint density at radius 1 is 0.654 bits per heavy atom. The van der Waals surface area contributed by atoms with Crippen molar-refractivity contribution in [1.29, 1.82) is 0 Å². The van der Waals surface area contributed by atoms with Crippen molar-refractivity contribution >= 4 is 137 Å². The standard InChI is InChI=1S/C93H132N12O25S3/c1-9-103-75-37-34-68(132(122,123)124)52-70(75)92(5,6)81(103)31-15-11-16-32-82-93(7,8)71-53-69(133(125,126)127)35-38-76(71)104(82)43-20-12-17-33-83(113)97-42-44-105-85(115)54-80(89(105)120)131-59-65(61(4)107)49-66(108)26-21-30-77(110)74(36-39-86(116)117)100-84(114)58-129-47-46-128-45-23-27-67(109)55-99-87(118)63(48-60(2)3)50-78(111)72(28-18-19-40-94)101-88(119)64(56-106)51-79(112)73(29-22-41-98-90(95)96)102-91(121)130-57-62-24-13-10-14-25-62/h10-11,13-16,24-25,31-32,34-35,37-38,52-53,60,63-65,72-74,80,106H,9,12,17-23,26-30,33,36,39-51,54-59,94H2,1-8H3,(H11-,95,96,97,98,99,100,101,102,113,114,116,117,118,119,121,122,123,124,125,126,127)/p+1/t63-,64+,65+,72+,73+,74+,80?/m1/s1. The molecule has 133 heavy (non-hydrogen) atoms. The number of carboxylic acids is 1. The number of Topliss-reactive ketones (excluding diaryl/α,β-unsaturated/α-hetero) is 6. The summed E-state index contributed by atoms with van der Waals surface area (Å²) in [6.07, 6.45) is 9.88. The number of carbonyl (C=O) groups is 14. The van der Waals surface area contributed by atoms with Gasteiger partial charge in [-0.2, -0.15) is 21.4 Å². The highest BCUT2D eigenvalue weighted by atomic mass is 32.2. The maximum Gasteiger partial charge on any atom is 0.408 e. The van der Waals surface area contributed by atoms with Crippen LogP contribution in [-0.4, -0.2) is 247 Å². The average molecular weight is 1920 g/mol. The van der Waals surface area contributed by atoms with Gasteiger partial charge in [0.25, 0.3) is 20.2 Å². The van der Waals surface area contributed by atoms with E-state index in [2.05, 4.69) is 41.1 Å². The molecule has 0 aromatic heterocycles. The molecule has 7 atom stereocenters. The number of thioether (sulfide) groups is 1. The quantitative estimate of drug-likeness (QED) is 0.00525. The van der Waals surface area contributed by atoms with Crippen LogP contribution >= 0.6 is 11.8 Å². The fourth-order valence-corrected chi connectivity index (χ4v) is 18.3. The van der Waals surface area contributed by atoms with Crippen LogP contribution in [0.1, 0.15) is 207 Å². The number of benzene rings is 3. The van der Waals surface area contributed by atoms with Gasteiger partial charge in [-0.3, -0.25) is 81.3 Å². The Bertz CT molecular complexity index is 4990. The van der Waals surface area contributed by atoms with Crippen LogP contribution in [0.4, 0.5) is 16.2 Å². The van der Waals surface area contributed by atoms with Gasteiger partial charge in [-0.25, -0.2) is 4.79 Å². The van der Waals surface area contributed by atoms with Gasteiger partial charge in [0.15, 0.2) is 34.8 Å². The third-order valence-corrected chi connectivity index (χ3v) is 26.3. The van der Waals surface area contributed by atoms with Crippen LogP contribution in [0.25, 0.3) is 0 Å². The third kappa shape index (κ3) is 36.3. The van der Waals surface area contributed by atoms with Gasteiger partial charge in [0.05, 0.1) is 70.9 Å². The van der Waals surface area contributed by atoms with Gasteiger partial charge in [-0.15, -0.1) is 11.8 Å². The predicted octanol–water partition coefficient (Wildman–Crippen LogP) is 6.81. The number of fused-ring (bicyclic) bond motifs is 2. The summed E-state index contributed by atoms with van der Waals surface area (Å²) >= 11 is 1.06. The van der Waals surface area contributed by atoms with Crippen molar-refractivity contribution in [1.82, 2.24) is 31.5 Å². The lowest BCUT2D eigenvalue weighted by molar-refractivity contribution is -0.438. The maximum absolute atomic E-state index is 14.1. The summed E-state index contributed by atoms with van der Waals surface area (Å²) in [6.45, 7) is 14.4. The number of hydrogen-bond acceptors (Lipinski definition) is 26. The van der Waals surface area contributed by atoms with Crippen molar-refractivity contribution in [3.05, 3.63) is 119 Å². The Balaban J connectivity index is 0.868. The number of ether oxygens (including phenoxy) is 3. The Morgan fingerprint density at radius 3 is 1.96 bits per heavy atom. The maximum atomic E-state index is 14.1. The number of unbranched alkanes of at least 4 members (excludes halogenated alkanes) is 3. The number of alkyl carbamates (subject to hydrolysis) is 1.